The molecule has 8 heteroatoms. The molecule has 0 aliphatic carbocycles. The van der Waals surface area contributed by atoms with Crippen molar-refractivity contribution in [2.24, 2.45) is 0 Å². The topological polar surface area (TPSA) is 100.0 Å². The van der Waals surface area contributed by atoms with Crippen molar-refractivity contribution in [3.8, 4) is 11.5 Å². The molecule has 2 heterocycles. The summed E-state index contributed by atoms with van der Waals surface area (Å²) >= 11 is 1.30. The number of aromatic hydroxyl groups is 1. The quantitative estimate of drug-likeness (QED) is 0.363. The molecule has 7 nitrogen and oxygen atoms in total. The Morgan fingerprint density at radius 2 is 1.84 bits per heavy atom. The first kappa shape index (κ1) is 20.6. The normalized spacial score (nSPS) is 17.9. The van der Waals surface area contributed by atoms with E-state index < -0.39 is 17.7 Å². The van der Waals surface area contributed by atoms with Crippen LogP contribution in [0.5, 0.6) is 11.5 Å². The summed E-state index contributed by atoms with van der Waals surface area (Å²) in [6.45, 7) is 3.71. The maximum absolute atomic E-state index is 13.1. The first-order chi connectivity index (χ1) is 14.8. The van der Waals surface area contributed by atoms with Gasteiger partial charge in [0.25, 0.3) is 5.78 Å². The molecule has 1 saturated heterocycles. The number of anilines is 1. The molecule has 0 saturated carbocycles. The minimum absolute atomic E-state index is 0.0468. The molecule has 158 valence electrons. The zero-order chi connectivity index (χ0) is 22.3. The van der Waals surface area contributed by atoms with E-state index in [2.05, 4.69) is 4.98 Å². The summed E-state index contributed by atoms with van der Waals surface area (Å²) in [4.78, 5) is 32.9. The number of aliphatic hydroxyl groups excluding tert-OH is 1. The van der Waals surface area contributed by atoms with Crippen LogP contribution < -0.4 is 9.64 Å². The van der Waals surface area contributed by atoms with Gasteiger partial charge in [0, 0.05) is 10.4 Å². The van der Waals surface area contributed by atoms with Crippen LogP contribution in [0.25, 0.3) is 5.76 Å². The molecule has 0 unspecified atom stereocenters. The summed E-state index contributed by atoms with van der Waals surface area (Å²) in [5.41, 5.74) is 1.63. The predicted molar refractivity (Wildman–Crippen MR) is 117 cm³/mol. The number of carbonyl (C=O) groups excluding carboxylic acids is 2. The fourth-order valence-corrected chi connectivity index (χ4v) is 4.46. The first-order valence-corrected chi connectivity index (χ1v) is 10.3. The highest BCUT2D eigenvalue weighted by Gasteiger charge is 2.48. The van der Waals surface area contributed by atoms with Gasteiger partial charge in [-0.1, -0.05) is 36.4 Å². The van der Waals surface area contributed by atoms with Crippen LogP contribution in [0.4, 0.5) is 5.13 Å². The minimum Gasteiger partial charge on any atom is -0.507 e. The van der Waals surface area contributed by atoms with E-state index in [-0.39, 0.29) is 22.8 Å². The summed E-state index contributed by atoms with van der Waals surface area (Å²) in [6, 6.07) is 12.2. The molecule has 31 heavy (non-hydrogen) atoms. The third-order valence-electron chi connectivity index (χ3n) is 5.23. The van der Waals surface area contributed by atoms with Crippen molar-refractivity contribution < 1.29 is 24.5 Å². The van der Waals surface area contributed by atoms with E-state index in [1.54, 1.807) is 42.5 Å². The Bertz CT molecular complexity index is 1200. The fourth-order valence-electron chi connectivity index (χ4n) is 3.52. The number of Topliss-reactive ketones (excluding diaryl/α,β-unsaturated/α-hetero) is 1. The average Bonchev–Trinajstić information content (AvgIpc) is 3.24. The highest BCUT2D eigenvalue weighted by Crippen LogP contribution is 2.45. The lowest BCUT2D eigenvalue weighted by Crippen LogP contribution is -2.29. The Kier molecular flexibility index (Phi) is 5.24. The van der Waals surface area contributed by atoms with Crippen LogP contribution in [0.2, 0.25) is 0 Å². The Hall–Kier alpha value is -3.65. The number of methoxy groups -OCH3 is 1. The van der Waals surface area contributed by atoms with Crippen molar-refractivity contribution in [3.05, 3.63) is 75.8 Å². The number of ketones is 1. The molecular formula is C23H20N2O5S. The number of rotatable bonds is 4. The number of phenolic OH excluding ortho intramolecular Hbond substituents is 1. The summed E-state index contributed by atoms with van der Waals surface area (Å²) in [6.07, 6.45) is 0. The second-order valence-corrected chi connectivity index (χ2v) is 8.29. The van der Waals surface area contributed by atoms with Crippen molar-refractivity contribution in [3.63, 3.8) is 0 Å². The van der Waals surface area contributed by atoms with Crippen molar-refractivity contribution in [2.75, 3.05) is 12.0 Å². The van der Waals surface area contributed by atoms with Gasteiger partial charge >= 0.3 is 5.91 Å². The average molecular weight is 436 g/mol. The van der Waals surface area contributed by atoms with Crippen LogP contribution >= 0.6 is 11.3 Å². The number of hydrogen-bond donors (Lipinski definition) is 2. The molecule has 4 rings (SSSR count). The van der Waals surface area contributed by atoms with E-state index in [9.17, 15) is 19.8 Å². The van der Waals surface area contributed by atoms with Crippen LogP contribution in [0.15, 0.2) is 54.1 Å². The number of thiazole rings is 1. The number of aryl methyl sites for hydroxylation is 2. The molecule has 1 amide bonds. The number of hydrogen-bond acceptors (Lipinski definition) is 7. The zero-order valence-electron chi connectivity index (χ0n) is 17.1. The van der Waals surface area contributed by atoms with Crippen LogP contribution in [0.1, 0.15) is 27.7 Å². The monoisotopic (exact) mass is 436 g/mol. The number of phenols is 1. The number of carbonyl (C=O) groups is 2. The minimum atomic E-state index is -0.931. The summed E-state index contributed by atoms with van der Waals surface area (Å²) < 4.78 is 5.21. The van der Waals surface area contributed by atoms with E-state index in [0.29, 0.717) is 16.3 Å². The number of benzene rings is 2. The van der Waals surface area contributed by atoms with Crippen molar-refractivity contribution in [1.29, 1.82) is 0 Å². The van der Waals surface area contributed by atoms with Crippen LogP contribution in [0, 0.1) is 13.8 Å². The maximum atomic E-state index is 13.1. The molecule has 1 fully saturated rings. The number of aromatic nitrogens is 1. The third-order valence-corrected chi connectivity index (χ3v) is 6.31. The molecule has 0 bridgehead atoms. The second kappa shape index (κ2) is 7.88. The first-order valence-electron chi connectivity index (χ1n) is 9.50. The maximum Gasteiger partial charge on any atom is 0.301 e. The van der Waals surface area contributed by atoms with Gasteiger partial charge in [-0.05, 0) is 31.5 Å². The highest BCUT2D eigenvalue weighted by molar-refractivity contribution is 7.16. The molecule has 3 aromatic rings. The molecule has 1 aliphatic heterocycles. The molecule has 1 aromatic heterocycles. The van der Waals surface area contributed by atoms with E-state index >= 15 is 0 Å². The fraction of sp³-hybridized carbons (Fsp3) is 0.174. The predicted octanol–water partition coefficient (Wildman–Crippen LogP) is 4.10. The summed E-state index contributed by atoms with van der Waals surface area (Å²) in [5, 5.41) is 21.4. The van der Waals surface area contributed by atoms with Crippen molar-refractivity contribution in [1.82, 2.24) is 4.98 Å². The van der Waals surface area contributed by atoms with Crippen molar-refractivity contribution >= 4 is 33.9 Å². The smallest absolute Gasteiger partial charge is 0.301 e. The van der Waals surface area contributed by atoms with Crippen LogP contribution in [0.3, 0.4) is 0 Å². The van der Waals surface area contributed by atoms with Gasteiger partial charge in [-0.25, -0.2) is 4.98 Å². The Labute approximate surface area is 182 Å². The largest absolute Gasteiger partial charge is 0.507 e. The highest BCUT2D eigenvalue weighted by atomic mass is 32.1. The summed E-state index contributed by atoms with van der Waals surface area (Å²) in [7, 11) is 1.41. The van der Waals surface area contributed by atoms with E-state index in [0.717, 1.165) is 10.6 Å². The lowest BCUT2D eigenvalue weighted by molar-refractivity contribution is -0.132. The molecule has 1 atom stereocenters. The van der Waals surface area contributed by atoms with E-state index in [1.807, 2.05) is 13.8 Å². The standard InChI is InChI=1S/C23H20N2O5S/c1-12-13(2)31-23(24-12)25-19(15-9-10-16(26)17(11-15)30-3)18(21(28)22(25)29)20(27)14-7-5-4-6-8-14/h4-11,19,26-27H,1-3H3/t19-/m1/s1. The lowest BCUT2D eigenvalue weighted by atomic mass is 9.95. The van der Waals surface area contributed by atoms with Gasteiger partial charge in [0.2, 0.25) is 0 Å². The van der Waals surface area contributed by atoms with Gasteiger partial charge in [-0.15, -0.1) is 11.3 Å². The lowest BCUT2D eigenvalue weighted by Gasteiger charge is -2.23. The molecule has 2 N–H and O–H groups in total. The SMILES string of the molecule is COc1cc([C@@H]2C(=C(O)c3ccccc3)C(=O)C(=O)N2c2nc(C)c(C)s2)ccc1O. The number of nitrogens with zero attached hydrogens (tertiary/aromatic N) is 2. The number of ether oxygens (including phenoxy) is 1. The Balaban J connectivity index is 1.98. The summed E-state index contributed by atoms with van der Waals surface area (Å²) in [5.74, 6) is -1.74. The van der Waals surface area contributed by atoms with Crippen LogP contribution in [-0.4, -0.2) is 34.0 Å². The van der Waals surface area contributed by atoms with Crippen molar-refractivity contribution in [2.45, 2.75) is 19.9 Å². The third kappa shape index (κ3) is 3.44. The van der Waals surface area contributed by atoms with Gasteiger partial charge in [0.1, 0.15) is 5.76 Å². The van der Waals surface area contributed by atoms with Gasteiger partial charge in [-0.3, -0.25) is 14.5 Å². The Morgan fingerprint density at radius 3 is 2.45 bits per heavy atom. The molecular weight excluding hydrogens is 416 g/mol. The second-order valence-electron chi connectivity index (χ2n) is 7.10. The van der Waals surface area contributed by atoms with Gasteiger partial charge in [0.05, 0.1) is 24.4 Å². The van der Waals surface area contributed by atoms with Crippen LogP contribution in [-0.2, 0) is 9.59 Å². The molecule has 0 radical (unpaired) electrons. The molecule has 0 spiro atoms. The van der Waals surface area contributed by atoms with Gasteiger partial charge < -0.3 is 14.9 Å². The zero-order valence-corrected chi connectivity index (χ0v) is 17.9. The molecule has 1 aliphatic rings. The van der Waals surface area contributed by atoms with Gasteiger partial charge in [0.15, 0.2) is 16.6 Å². The molecule has 2 aromatic carbocycles. The number of amides is 1. The Morgan fingerprint density at radius 1 is 1.13 bits per heavy atom. The number of aliphatic hydroxyl groups is 1. The van der Waals surface area contributed by atoms with Gasteiger partial charge in [-0.2, -0.15) is 0 Å². The van der Waals surface area contributed by atoms with E-state index in [1.165, 1.54) is 29.4 Å². The van der Waals surface area contributed by atoms with E-state index in [4.69, 9.17) is 4.74 Å².